The smallest absolute Gasteiger partial charge is 0.234 e. The maximum absolute atomic E-state index is 5.73. The van der Waals surface area contributed by atoms with Gasteiger partial charge in [-0.05, 0) is 25.8 Å². The summed E-state index contributed by atoms with van der Waals surface area (Å²) < 4.78 is 5.73. The largest absolute Gasteiger partial charge is 0.339 e. The summed E-state index contributed by atoms with van der Waals surface area (Å²) in [6.07, 6.45) is 4.58. The van der Waals surface area contributed by atoms with Gasteiger partial charge >= 0.3 is 0 Å². The van der Waals surface area contributed by atoms with E-state index in [-0.39, 0.29) is 5.41 Å². The lowest BCUT2D eigenvalue weighted by molar-refractivity contribution is 0.275. The lowest BCUT2D eigenvalue weighted by Crippen LogP contribution is -2.29. The van der Waals surface area contributed by atoms with Gasteiger partial charge < -0.3 is 9.84 Å². The third kappa shape index (κ3) is 3.13. The van der Waals surface area contributed by atoms with E-state index in [0.717, 1.165) is 44.1 Å². The lowest BCUT2D eigenvalue weighted by Gasteiger charge is -2.27. The monoisotopic (exact) mass is 327 g/mol. The van der Waals surface area contributed by atoms with Crippen molar-refractivity contribution in [3.63, 3.8) is 0 Å². The number of rotatable bonds is 5. The zero-order valence-corrected chi connectivity index (χ0v) is 14.6. The Hall–Kier alpha value is -0.200. The minimum atomic E-state index is 0.0776. The molecule has 3 heterocycles. The normalized spacial score (nSPS) is 33.4. The van der Waals surface area contributed by atoms with E-state index in [1.54, 1.807) is 0 Å². The summed E-state index contributed by atoms with van der Waals surface area (Å²) in [5, 5.41) is 8.86. The zero-order valence-electron chi connectivity index (χ0n) is 12.9. The van der Waals surface area contributed by atoms with E-state index in [4.69, 9.17) is 9.51 Å². The summed E-state index contributed by atoms with van der Waals surface area (Å²) in [6.45, 7) is 6.53. The minimum Gasteiger partial charge on any atom is -0.339 e. The van der Waals surface area contributed by atoms with Crippen LogP contribution in [0.3, 0.4) is 0 Å². The predicted molar refractivity (Wildman–Crippen MR) is 90.1 cm³/mol. The van der Waals surface area contributed by atoms with Crippen molar-refractivity contribution in [2.75, 3.05) is 24.6 Å². The van der Waals surface area contributed by atoms with Gasteiger partial charge in [-0.15, -0.1) is 11.8 Å². The van der Waals surface area contributed by atoms with Gasteiger partial charge in [-0.25, -0.2) is 0 Å². The molecule has 0 aliphatic carbocycles. The molecule has 21 heavy (non-hydrogen) atoms. The van der Waals surface area contributed by atoms with Crippen molar-refractivity contribution in [3.8, 4) is 0 Å². The van der Waals surface area contributed by atoms with Crippen molar-refractivity contribution in [2.45, 2.75) is 55.4 Å². The summed E-state index contributed by atoms with van der Waals surface area (Å²) in [4.78, 5) is 4.85. The van der Waals surface area contributed by atoms with Crippen LogP contribution in [0.1, 0.15) is 56.5 Å². The van der Waals surface area contributed by atoms with Crippen LogP contribution in [0.15, 0.2) is 4.52 Å². The third-order valence-electron chi connectivity index (χ3n) is 4.57. The molecule has 0 aromatic carbocycles. The molecule has 6 heteroatoms. The SMILES string of the molecule is CCCC1(c2nc(C3SCCSC3CC)no2)CCNC1. The van der Waals surface area contributed by atoms with Crippen LogP contribution in [0.25, 0.3) is 0 Å². The topological polar surface area (TPSA) is 51.0 Å². The number of thioether (sulfide) groups is 2. The van der Waals surface area contributed by atoms with Crippen LogP contribution in [-0.2, 0) is 5.41 Å². The van der Waals surface area contributed by atoms with E-state index in [1.807, 2.05) is 11.8 Å². The first kappa shape index (κ1) is 15.7. The van der Waals surface area contributed by atoms with Crippen molar-refractivity contribution < 1.29 is 4.52 Å². The first-order valence-corrected chi connectivity index (χ1v) is 10.2. The second-order valence-electron chi connectivity index (χ2n) is 6.02. The summed E-state index contributed by atoms with van der Waals surface area (Å²) in [5.74, 6) is 4.23. The molecule has 1 aromatic rings. The second kappa shape index (κ2) is 6.92. The summed E-state index contributed by atoms with van der Waals surface area (Å²) >= 11 is 4.06. The van der Waals surface area contributed by atoms with Gasteiger partial charge in [0, 0.05) is 23.3 Å². The number of aromatic nitrogens is 2. The first-order chi connectivity index (χ1) is 10.3. The van der Waals surface area contributed by atoms with Crippen LogP contribution in [0.5, 0.6) is 0 Å². The molecule has 3 unspecified atom stereocenters. The third-order valence-corrected chi connectivity index (χ3v) is 7.82. The lowest BCUT2D eigenvalue weighted by atomic mass is 9.82. The Morgan fingerprint density at radius 1 is 1.33 bits per heavy atom. The minimum absolute atomic E-state index is 0.0776. The molecule has 2 aliphatic rings. The molecule has 0 spiro atoms. The van der Waals surface area contributed by atoms with Crippen molar-refractivity contribution in [3.05, 3.63) is 11.7 Å². The molecule has 0 saturated carbocycles. The molecule has 118 valence electrons. The summed E-state index contributed by atoms with van der Waals surface area (Å²) in [5.41, 5.74) is 0.0776. The van der Waals surface area contributed by atoms with E-state index >= 15 is 0 Å². The number of hydrogen-bond donors (Lipinski definition) is 1. The number of nitrogens with zero attached hydrogens (tertiary/aromatic N) is 2. The molecular formula is C15H25N3OS2. The molecule has 2 aliphatic heterocycles. The van der Waals surface area contributed by atoms with Crippen LogP contribution < -0.4 is 5.32 Å². The Morgan fingerprint density at radius 3 is 2.90 bits per heavy atom. The van der Waals surface area contributed by atoms with Gasteiger partial charge in [-0.3, -0.25) is 0 Å². The highest BCUT2D eigenvalue weighted by molar-refractivity contribution is 8.06. The first-order valence-electron chi connectivity index (χ1n) is 8.07. The molecule has 0 amide bonds. The number of nitrogens with one attached hydrogen (secondary N) is 1. The molecular weight excluding hydrogens is 302 g/mol. The average Bonchev–Trinajstić information content (AvgIpc) is 3.17. The fourth-order valence-corrected chi connectivity index (χ4v) is 6.42. The fourth-order valence-electron chi connectivity index (χ4n) is 3.43. The second-order valence-corrected chi connectivity index (χ2v) is 8.62. The Morgan fingerprint density at radius 2 is 2.19 bits per heavy atom. The summed E-state index contributed by atoms with van der Waals surface area (Å²) in [6, 6.07) is 0. The van der Waals surface area contributed by atoms with E-state index in [0.29, 0.717) is 10.5 Å². The van der Waals surface area contributed by atoms with Gasteiger partial charge in [-0.1, -0.05) is 25.4 Å². The quantitative estimate of drug-likeness (QED) is 0.894. The van der Waals surface area contributed by atoms with Crippen molar-refractivity contribution in [1.29, 1.82) is 0 Å². The Kier molecular flexibility index (Phi) is 5.17. The Balaban J connectivity index is 1.81. The van der Waals surface area contributed by atoms with Gasteiger partial charge in [0.25, 0.3) is 0 Å². The van der Waals surface area contributed by atoms with Crippen LogP contribution in [0, 0.1) is 0 Å². The van der Waals surface area contributed by atoms with Crippen molar-refractivity contribution in [1.82, 2.24) is 15.5 Å². The number of hydrogen-bond acceptors (Lipinski definition) is 6. The molecule has 1 aromatic heterocycles. The van der Waals surface area contributed by atoms with E-state index in [1.165, 1.54) is 17.9 Å². The highest BCUT2D eigenvalue weighted by Gasteiger charge is 2.41. The van der Waals surface area contributed by atoms with Gasteiger partial charge in [0.15, 0.2) is 5.82 Å². The van der Waals surface area contributed by atoms with Gasteiger partial charge in [0.1, 0.15) is 0 Å². The van der Waals surface area contributed by atoms with Gasteiger partial charge in [0.2, 0.25) is 5.89 Å². The maximum Gasteiger partial charge on any atom is 0.234 e. The average molecular weight is 328 g/mol. The van der Waals surface area contributed by atoms with Gasteiger partial charge in [0.05, 0.1) is 10.7 Å². The molecule has 2 saturated heterocycles. The van der Waals surface area contributed by atoms with E-state index in [2.05, 4.69) is 36.1 Å². The molecule has 0 bridgehead atoms. The van der Waals surface area contributed by atoms with Crippen LogP contribution in [-0.4, -0.2) is 40.0 Å². The molecule has 3 rings (SSSR count). The molecule has 0 radical (unpaired) electrons. The maximum atomic E-state index is 5.73. The highest BCUT2D eigenvalue weighted by Crippen LogP contribution is 2.44. The van der Waals surface area contributed by atoms with Crippen LogP contribution in [0.4, 0.5) is 0 Å². The summed E-state index contributed by atoms with van der Waals surface area (Å²) in [7, 11) is 0. The molecule has 2 fully saturated rings. The Labute approximate surface area is 135 Å². The van der Waals surface area contributed by atoms with E-state index in [9.17, 15) is 0 Å². The Bertz CT molecular complexity index is 460. The van der Waals surface area contributed by atoms with Gasteiger partial charge in [-0.2, -0.15) is 16.7 Å². The fraction of sp³-hybridized carbons (Fsp3) is 0.867. The molecule has 1 N–H and O–H groups in total. The predicted octanol–water partition coefficient (Wildman–Crippen LogP) is 3.40. The van der Waals surface area contributed by atoms with Crippen molar-refractivity contribution >= 4 is 23.5 Å². The zero-order chi connectivity index (χ0) is 14.7. The molecule has 4 nitrogen and oxygen atoms in total. The van der Waals surface area contributed by atoms with Crippen molar-refractivity contribution in [2.24, 2.45) is 0 Å². The van der Waals surface area contributed by atoms with Crippen LogP contribution >= 0.6 is 23.5 Å². The van der Waals surface area contributed by atoms with E-state index < -0.39 is 0 Å². The standard InChI is InChI=1S/C15H25N3OS2/c1-3-5-15(6-7-16-10-15)14-17-13(18-19-14)12-11(4-2)20-8-9-21-12/h11-12,16H,3-10H2,1-2H3. The van der Waals surface area contributed by atoms with Crippen LogP contribution in [0.2, 0.25) is 0 Å². The molecule has 3 atom stereocenters. The highest BCUT2D eigenvalue weighted by atomic mass is 32.2.